The van der Waals surface area contributed by atoms with E-state index in [1.165, 1.54) is 0 Å². The van der Waals surface area contributed by atoms with Crippen LogP contribution in [-0.4, -0.2) is 54.3 Å². The third-order valence-electron chi connectivity index (χ3n) is 6.44. The molecular formula is C24H28F3N7O. The average molecular weight is 488 g/mol. The van der Waals surface area contributed by atoms with Gasteiger partial charge in [0.25, 0.3) is 0 Å². The molecule has 0 saturated carbocycles. The van der Waals surface area contributed by atoms with Gasteiger partial charge in [0.2, 0.25) is 5.95 Å². The quantitative estimate of drug-likeness (QED) is 0.517. The van der Waals surface area contributed by atoms with Crippen molar-refractivity contribution in [3.63, 3.8) is 0 Å². The third kappa shape index (κ3) is 5.04. The summed E-state index contributed by atoms with van der Waals surface area (Å²) in [5, 5.41) is 4.10. The Morgan fingerprint density at radius 3 is 2.46 bits per heavy atom. The van der Waals surface area contributed by atoms with E-state index in [2.05, 4.69) is 15.2 Å². The van der Waals surface area contributed by atoms with E-state index in [-0.39, 0.29) is 5.69 Å². The smallest absolute Gasteiger partial charge is 0.399 e. The SMILES string of the molecule is CC(Nc1nc(N2CCOCC2)nc2cnc(N3CCCC3)cc12)c1cc(N)cc(C(F)(F)F)c1. The summed E-state index contributed by atoms with van der Waals surface area (Å²) in [5.74, 6) is 1.93. The summed E-state index contributed by atoms with van der Waals surface area (Å²) < 4.78 is 45.6. The molecule has 2 aromatic heterocycles. The van der Waals surface area contributed by atoms with Crippen LogP contribution in [0.4, 0.5) is 36.4 Å². The molecule has 1 aromatic carbocycles. The Hall–Kier alpha value is -3.34. The lowest BCUT2D eigenvalue weighted by Crippen LogP contribution is -2.37. The van der Waals surface area contributed by atoms with Crippen LogP contribution in [0, 0.1) is 0 Å². The molecule has 35 heavy (non-hydrogen) atoms. The molecule has 5 rings (SSSR count). The summed E-state index contributed by atoms with van der Waals surface area (Å²) in [6.07, 6.45) is -0.505. The number of halogens is 3. The number of aromatic nitrogens is 3. The van der Waals surface area contributed by atoms with Gasteiger partial charge in [0.15, 0.2) is 0 Å². The molecule has 2 aliphatic heterocycles. The molecule has 2 aliphatic rings. The van der Waals surface area contributed by atoms with Crippen molar-refractivity contribution < 1.29 is 17.9 Å². The summed E-state index contributed by atoms with van der Waals surface area (Å²) in [6.45, 7) is 6.14. The van der Waals surface area contributed by atoms with Crippen molar-refractivity contribution in [2.75, 3.05) is 60.2 Å². The van der Waals surface area contributed by atoms with Gasteiger partial charge in [0.05, 0.1) is 36.5 Å². The minimum Gasteiger partial charge on any atom is -0.399 e. The summed E-state index contributed by atoms with van der Waals surface area (Å²) in [4.78, 5) is 18.4. The van der Waals surface area contributed by atoms with Crippen LogP contribution < -0.4 is 20.9 Å². The maximum absolute atomic E-state index is 13.4. The van der Waals surface area contributed by atoms with E-state index in [0.29, 0.717) is 49.1 Å². The van der Waals surface area contributed by atoms with E-state index in [1.807, 2.05) is 11.0 Å². The zero-order valence-electron chi connectivity index (χ0n) is 19.5. The van der Waals surface area contributed by atoms with Gasteiger partial charge in [-0.15, -0.1) is 0 Å². The van der Waals surface area contributed by atoms with E-state index in [4.69, 9.17) is 20.4 Å². The first-order chi connectivity index (χ1) is 16.8. The minimum absolute atomic E-state index is 0.0607. The third-order valence-corrected chi connectivity index (χ3v) is 6.44. The summed E-state index contributed by atoms with van der Waals surface area (Å²) in [5.41, 5.74) is 6.18. The summed E-state index contributed by atoms with van der Waals surface area (Å²) in [7, 11) is 0. The fourth-order valence-corrected chi connectivity index (χ4v) is 4.52. The van der Waals surface area contributed by atoms with Gasteiger partial charge in [-0.25, -0.2) is 9.97 Å². The van der Waals surface area contributed by atoms with E-state index >= 15 is 0 Å². The standard InChI is InChI=1S/C24H28F3N7O/c1-15(16-10-17(24(25,26)27)12-18(28)11-16)30-22-19-13-21(33-4-2-3-5-33)29-14-20(19)31-23(32-22)34-6-8-35-9-7-34/h10-15H,2-9,28H2,1H3,(H,30,31,32). The van der Waals surface area contributed by atoms with Gasteiger partial charge in [0, 0.05) is 37.3 Å². The van der Waals surface area contributed by atoms with Crippen LogP contribution in [0.1, 0.15) is 36.9 Å². The zero-order chi connectivity index (χ0) is 24.6. The number of hydrogen-bond acceptors (Lipinski definition) is 8. The number of alkyl halides is 3. The molecule has 186 valence electrons. The number of nitrogens with zero attached hydrogens (tertiary/aromatic N) is 5. The van der Waals surface area contributed by atoms with E-state index in [0.717, 1.165) is 49.3 Å². The molecule has 8 nitrogen and oxygen atoms in total. The molecule has 0 radical (unpaired) electrons. The van der Waals surface area contributed by atoms with Crippen LogP contribution in [0.15, 0.2) is 30.5 Å². The Morgan fingerprint density at radius 2 is 1.74 bits per heavy atom. The van der Waals surface area contributed by atoms with Gasteiger partial charge in [0.1, 0.15) is 11.6 Å². The highest BCUT2D eigenvalue weighted by Gasteiger charge is 2.31. The monoisotopic (exact) mass is 487 g/mol. The second kappa shape index (κ2) is 9.37. The average Bonchev–Trinajstić information content (AvgIpc) is 3.38. The van der Waals surface area contributed by atoms with Crippen LogP contribution in [0.2, 0.25) is 0 Å². The molecule has 0 spiro atoms. The molecule has 0 amide bonds. The lowest BCUT2D eigenvalue weighted by Gasteiger charge is -2.28. The van der Waals surface area contributed by atoms with E-state index in [1.54, 1.807) is 19.2 Å². The van der Waals surface area contributed by atoms with Crippen molar-refractivity contribution in [1.29, 1.82) is 0 Å². The molecule has 1 unspecified atom stereocenters. The molecule has 1 atom stereocenters. The largest absolute Gasteiger partial charge is 0.416 e. The predicted molar refractivity (Wildman–Crippen MR) is 130 cm³/mol. The first-order valence-electron chi connectivity index (χ1n) is 11.8. The number of anilines is 4. The fourth-order valence-electron chi connectivity index (χ4n) is 4.52. The van der Waals surface area contributed by atoms with Gasteiger partial charge in [-0.05, 0) is 49.6 Å². The van der Waals surface area contributed by atoms with Crippen LogP contribution >= 0.6 is 0 Å². The lowest BCUT2D eigenvalue weighted by molar-refractivity contribution is -0.137. The molecular weight excluding hydrogens is 459 g/mol. The maximum Gasteiger partial charge on any atom is 0.416 e. The van der Waals surface area contributed by atoms with Gasteiger partial charge < -0.3 is 25.6 Å². The van der Waals surface area contributed by atoms with Crippen molar-refractivity contribution >= 4 is 34.2 Å². The Balaban J connectivity index is 1.54. The molecule has 3 aromatic rings. The number of benzene rings is 1. The number of fused-ring (bicyclic) bond motifs is 1. The number of ether oxygens (including phenoxy) is 1. The predicted octanol–water partition coefficient (Wildman–Crippen LogP) is 4.24. The second-order valence-electron chi connectivity index (χ2n) is 8.98. The lowest BCUT2D eigenvalue weighted by atomic mass is 10.0. The number of nitrogen functional groups attached to an aromatic ring is 1. The van der Waals surface area contributed by atoms with Crippen LogP contribution in [0.5, 0.6) is 0 Å². The first-order valence-corrected chi connectivity index (χ1v) is 11.8. The van der Waals surface area contributed by atoms with Gasteiger partial charge >= 0.3 is 6.18 Å². The molecule has 2 saturated heterocycles. The Morgan fingerprint density at radius 1 is 1.00 bits per heavy atom. The summed E-state index contributed by atoms with van der Waals surface area (Å²) in [6, 6.07) is 5.09. The highest BCUT2D eigenvalue weighted by atomic mass is 19.4. The number of nitrogens with two attached hydrogens (primary N) is 1. The normalized spacial score (nSPS) is 17.7. The molecule has 2 fully saturated rings. The minimum atomic E-state index is -4.48. The van der Waals surface area contributed by atoms with Crippen LogP contribution in [0.25, 0.3) is 10.9 Å². The van der Waals surface area contributed by atoms with E-state index in [9.17, 15) is 13.2 Å². The first kappa shape index (κ1) is 23.4. The second-order valence-corrected chi connectivity index (χ2v) is 8.98. The van der Waals surface area contributed by atoms with Crippen LogP contribution in [0.3, 0.4) is 0 Å². The molecule has 0 aliphatic carbocycles. The highest BCUT2D eigenvalue weighted by Crippen LogP contribution is 2.35. The van der Waals surface area contributed by atoms with Crippen molar-refractivity contribution in [2.45, 2.75) is 32.0 Å². The Bertz CT molecular complexity index is 1210. The van der Waals surface area contributed by atoms with Crippen molar-refractivity contribution in [3.8, 4) is 0 Å². The van der Waals surface area contributed by atoms with Gasteiger partial charge in [-0.2, -0.15) is 18.2 Å². The topological polar surface area (TPSA) is 92.4 Å². The van der Waals surface area contributed by atoms with Gasteiger partial charge in [-0.1, -0.05) is 0 Å². The number of pyridine rings is 1. The summed E-state index contributed by atoms with van der Waals surface area (Å²) >= 11 is 0. The number of nitrogens with one attached hydrogen (secondary N) is 1. The number of rotatable bonds is 5. The number of hydrogen-bond donors (Lipinski definition) is 2. The molecule has 11 heteroatoms. The van der Waals surface area contributed by atoms with Crippen LogP contribution in [-0.2, 0) is 10.9 Å². The van der Waals surface area contributed by atoms with E-state index < -0.39 is 17.8 Å². The molecule has 0 bridgehead atoms. The fraction of sp³-hybridized carbons (Fsp3) is 0.458. The Labute approximate surface area is 201 Å². The van der Waals surface area contributed by atoms with Gasteiger partial charge in [-0.3, -0.25) is 0 Å². The maximum atomic E-state index is 13.4. The van der Waals surface area contributed by atoms with Crippen molar-refractivity contribution in [2.24, 2.45) is 0 Å². The van der Waals surface area contributed by atoms with Crippen molar-refractivity contribution in [3.05, 3.63) is 41.6 Å². The highest BCUT2D eigenvalue weighted by molar-refractivity contribution is 5.91. The Kier molecular flexibility index (Phi) is 6.26. The zero-order valence-corrected chi connectivity index (χ0v) is 19.5. The molecule has 4 heterocycles. The molecule has 3 N–H and O–H groups in total. The number of morpholine rings is 1. The van der Waals surface area contributed by atoms with Crippen molar-refractivity contribution in [1.82, 2.24) is 15.0 Å².